The highest BCUT2D eigenvalue weighted by atomic mass is 79.9. The predicted molar refractivity (Wildman–Crippen MR) is 74.6 cm³/mol. The van der Waals surface area contributed by atoms with Gasteiger partial charge in [0.25, 0.3) is 0 Å². The molecule has 0 fully saturated rings. The first-order valence-electron chi connectivity index (χ1n) is 5.10. The highest BCUT2D eigenvalue weighted by Gasteiger charge is 2.09. The van der Waals surface area contributed by atoms with Crippen LogP contribution in [0, 0.1) is 6.92 Å². The molecule has 1 heterocycles. The zero-order chi connectivity index (χ0) is 13.1. The summed E-state index contributed by atoms with van der Waals surface area (Å²) in [4.78, 5) is 18.7. The van der Waals surface area contributed by atoms with Crippen LogP contribution >= 0.6 is 27.5 Å². The van der Waals surface area contributed by atoms with Gasteiger partial charge in [-0.15, -0.1) is 0 Å². The molecule has 92 valence electrons. The van der Waals surface area contributed by atoms with E-state index in [-0.39, 0.29) is 10.7 Å². The van der Waals surface area contributed by atoms with Crippen LogP contribution in [0.2, 0.25) is 5.15 Å². The molecule has 1 aromatic carbocycles. The molecule has 0 saturated carbocycles. The monoisotopic (exact) mass is 325 g/mol. The van der Waals surface area contributed by atoms with Gasteiger partial charge in [0.05, 0.1) is 5.56 Å². The van der Waals surface area contributed by atoms with Crippen molar-refractivity contribution in [2.45, 2.75) is 6.92 Å². The Morgan fingerprint density at radius 2 is 2.17 bits per heavy atom. The van der Waals surface area contributed by atoms with Crippen LogP contribution in [0.25, 0.3) is 0 Å². The molecule has 0 unspecified atom stereocenters. The van der Waals surface area contributed by atoms with Crippen molar-refractivity contribution in [3.05, 3.63) is 45.3 Å². The lowest BCUT2D eigenvalue weighted by Crippen LogP contribution is -2.00. The Bertz CT molecular complexity index is 604. The van der Waals surface area contributed by atoms with Crippen LogP contribution < -0.4 is 5.32 Å². The molecule has 0 spiro atoms. The molecule has 0 aliphatic carbocycles. The van der Waals surface area contributed by atoms with Crippen LogP contribution in [-0.4, -0.2) is 16.3 Å². The van der Waals surface area contributed by atoms with Crippen LogP contribution in [0.3, 0.4) is 0 Å². The summed E-state index contributed by atoms with van der Waals surface area (Å²) in [5.74, 6) is 0.390. The number of anilines is 2. The second-order valence-corrected chi connectivity index (χ2v) is 4.85. The molecule has 0 bridgehead atoms. The molecular weight excluding hydrogens is 318 g/mol. The quantitative estimate of drug-likeness (QED) is 0.689. The summed E-state index contributed by atoms with van der Waals surface area (Å²) >= 11 is 9.26. The van der Waals surface area contributed by atoms with Crippen LogP contribution in [0.1, 0.15) is 15.9 Å². The Kier molecular flexibility index (Phi) is 3.93. The third-order valence-corrected chi connectivity index (χ3v) is 3.54. The summed E-state index contributed by atoms with van der Waals surface area (Å²) in [5.41, 5.74) is 2.18. The lowest BCUT2D eigenvalue weighted by Gasteiger charge is -2.09. The lowest BCUT2D eigenvalue weighted by molar-refractivity contribution is 0.112. The number of aromatic nitrogens is 2. The van der Waals surface area contributed by atoms with Crippen molar-refractivity contribution in [2.24, 2.45) is 0 Å². The van der Waals surface area contributed by atoms with Gasteiger partial charge in [0.1, 0.15) is 17.3 Å². The number of aryl methyl sites for hydroxylation is 1. The maximum absolute atomic E-state index is 10.9. The highest BCUT2D eigenvalue weighted by Crippen LogP contribution is 2.25. The number of benzene rings is 1. The third kappa shape index (κ3) is 2.68. The van der Waals surface area contributed by atoms with Gasteiger partial charge in [-0.1, -0.05) is 33.6 Å². The smallest absolute Gasteiger partial charge is 0.156 e. The predicted octanol–water partition coefficient (Wildman–Crippen LogP) is 3.76. The summed E-state index contributed by atoms with van der Waals surface area (Å²) in [6.07, 6.45) is 1.94. The molecule has 0 aliphatic rings. The van der Waals surface area contributed by atoms with Gasteiger partial charge in [-0.05, 0) is 24.6 Å². The number of hydrogen-bond donors (Lipinski definition) is 1. The third-order valence-electron chi connectivity index (χ3n) is 2.39. The molecule has 0 saturated heterocycles. The fourth-order valence-corrected chi connectivity index (χ4v) is 1.94. The molecule has 6 heteroatoms. The average Bonchev–Trinajstić information content (AvgIpc) is 2.34. The molecule has 1 aromatic heterocycles. The summed E-state index contributed by atoms with van der Waals surface area (Å²) in [6.45, 7) is 1.99. The maximum atomic E-state index is 10.9. The van der Waals surface area contributed by atoms with E-state index in [0.717, 1.165) is 15.7 Å². The van der Waals surface area contributed by atoms with Crippen molar-refractivity contribution in [3.63, 3.8) is 0 Å². The molecule has 0 amide bonds. The minimum absolute atomic E-state index is 0.133. The Balaban J connectivity index is 2.36. The van der Waals surface area contributed by atoms with E-state index in [1.54, 1.807) is 0 Å². The van der Waals surface area contributed by atoms with Gasteiger partial charge in [-0.25, -0.2) is 9.97 Å². The number of carbonyl (C=O) groups is 1. The van der Waals surface area contributed by atoms with Gasteiger partial charge in [-0.3, -0.25) is 4.79 Å². The van der Waals surface area contributed by atoms with E-state index in [0.29, 0.717) is 12.1 Å². The van der Waals surface area contributed by atoms with E-state index < -0.39 is 0 Å². The number of hydrogen-bond acceptors (Lipinski definition) is 4. The molecular formula is C12H9BrClN3O. The highest BCUT2D eigenvalue weighted by molar-refractivity contribution is 9.10. The van der Waals surface area contributed by atoms with Crippen LogP contribution in [0.4, 0.5) is 11.5 Å². The van der Waals surface area contributed by atoms with Crippen LogP contribution in [0.5, 0.6) is 0 Å². The van der Waals surface area contributed by atoms with E-state index in [1.165, 1.54) is 6.33 Å². The number of nitrogens with zero attached hydrogens (tertiary/aromatic N) is 2. The molecule has 0 radical (unpaired) electrons. The molecule has 0 atom stereocenters. The molecule has 4 nitrogen and oxygen atoms in total. The van der Waals surface area contributed by atoms with Gasteiger partial charge in [0.15, 0.2) is 6.29 Å². The van der Waals surface area contributed by atoms with E-state index in [9.17, 15) is 4.79 Å². The molecule has 0 aliphatic heterocycles. The normalized spacial score (nSPS) is 10.2. The van der Waals surface area contributed by atoms with Crippen molar-refractivity contribution in [3.8, 4) is 0 Å². The number of nitrogens with one attached hydrogen (secondary N) is 1. The second kappa shape index (κ2) is 5.46. The Morgan fingerprint density at radius 3 is 2.83 bits per heavy atom. The molecule has 2 aromatic rings. The lowest BCUT2D eigenvalue weighted by atomic mass is 10.2. The SMILES string of the molecule is Cc1ccc(Nc2ncnc(Cl)c2C=O)cc1Br. The minimum Gasteiger partial charge on any atom is -0.339 e. The molecule has 2 rings (SSSR count). The number of aldehydes is 1. The standard InChI is InChI=1S/C12H9BrClN3O/c1-7-2-3-8(4-10(7)13)17-12-9(5-18)11(14)15-6-16-12/h2-6H,1H3,(H,15,16,17). The maximum Gasteiger partial charge on any atom is 0.156 e. The van der Waals surface area contributed by atoms with Gasteiger partial charge in [-0.2, -0.15) is 0 Å². The topological polar surface area (TPSA) is 54.9 Å². The van der Waals surface area contributed by atoms with Gasteiger partial charge in [0, 0.05) is 10.2 Å². The van der Waals surface area contributed by atoms with Crippen molar-refractivity contribution in [2.75, 3.05) is 5.32 Å². The zero-order valence-corrected chi connectivity index (χ0v) is 11.8. The molecule has 18 heavy (non-hydrogen) atoms. The summed E-state index contributed by atoms with van der Waals surface area (Å²) in [7, 11) is 0. The average molecular weight is 327 g/mol. The van der Waals surface area contributed by atoms with E-state index in [4.69, 9.17) is 11.6 Å². The fraction of sp³-hybridized carbons (Fsp3) is 0.0833. The second-order valence-electron chi connectivity index (χ2n) is 3.63. The van der Waals surface area contributed by atoms with Gasteiger partial charge in [0.2, 0.25) is 0 Å². The van der Waals surface area contributed by atoms with Crippen molar-refractivity contribution >= 4 is 45.3 Å². The van der Waals surface area contributed by atoms with Crippen LogP contribution in [0.15, 0.2) is 29.0 Å². The molecule has 1 N–H and O–H groups in total. The van der Waals surface area contributed by atoms with Crippen molar-refractivity contribution in [1.29, 1.82) is 0 Å². The number of carbonyl (C=O) groups excluding carboxylic acids is 1. The van der Waals surface area contributed by atoms with E-state index >= 15 is 0 Å². The Labute approximate surface area is 118 Å². The summed E-state index contributed by atoms with van der Waals surface area (Å²) < 4.78 is 0.973. The Hall–Kier alpha value is -1.46. The minimum atomic E-state index is 0.133. The van der Waals surface area contributed by atoms with Crippen molar-refractivity contribution < 1.29 is 4.79 Å². The Morgan fingerprint density at radius 1 is 1.39 bits per heavy atom. The van der Waals surface area contributed by atoms with Crippen LogP contribution in [-0.2, 0) is 0 Å². The zero-order valence-electron chi connectivity index (χ0n) is 9.45. The van der Waals surface area contributed by atoms with Gasteiger partial charge >= 0.3 is 0 Å². The first kappa shape index (κ1) is 13.0. The number of rotatable bonds is 3. The summed E-state index contributed by atoms with van der Waals surface area (Å²) in [5, 5.41) is 3.17. The van der Waals surface area contributed by atoms with E-state index in [1.807, 2.05) is 25.1 Å². The summed E-state index contributed by atoms with van der Waals surface area (Å²) in [6, 6.07) is 5.75. The fourth-order valence-electron chi connectivity index (χ4n) is 1.39. The van der Waals surface area contributed by atoms with Crippen molar-refractivity contribution in [1.82, 2.24) is 9.97 Å². The number of halogens is 2. The van der Waals surface area contributed by atoms with Gasteiger partial charge < -0.3 is 5.32 Å². The first-order valence-corrected chi connectivity index (χ1v) is 6.27. The first-order chi connectivity index (χ1) is 8.61. The largest absolute Gasteiger partial charge is 0.339 e. The van der Waals surface area contributed by atoms with E-state index in [2.05, 4.69) is 31.2 Å².